The molecule has 1 aliphatic rings. The molecule has 5 N–H and O–H groups in total. The third-order valence-corrected chi connectivity index (χ3v) is 6.04. The summed E-state index contributed by atoms with van der Waals surface area (Å²) in [6, 6.07) is 14.1. The zero-order valence-electron chi connectivity index (χ0n) is 19.5. The fourth-order valence-corrected chi connectivity index (χ4v) is 4.17. The molecule has 12 nitrogen and oxygen atoms in total. The van der Waals surface area contributed by atoms with Crippen LogP contribution >= 0.6 is 0 Å². The van der Waals surface area contributed by atoms with E-state index in [2.05, 4.69) is 15.0 Å². The lowest BCUT2D eigenvalue weighted by atomic mass is 10.0. The minimum absolute atomic E-state index is 0.0990. The van der Waals surface area contributed by atoms with Crippen molar-refractivity contribution in [2.45, 2.75) is 24.5 Å². The van der Waals surface area contributed by atoms with Gasteiger partial charge in [-0.25, -0.2) is 19.7 Å². The van der Waals surface area contributed by atoms with Crippen molar-refractivity contribution in [3.8, 4) is 16.9 Å². The maximum absolute atomic E-state index is 12.6. The number of aliphatic hydroxyl groups is 3. The van der Waals surface area contributed by atoms with Gasteiger partial charge in [-0.05, 0) is 23.8 Å². The number of nitrogens with zero attached hydrogens (tertiary/aromatic N) is 4. The van der Waals surface area contributed by atoms with E-state index in [-0.39, 0.29) is 25.6 Å². The Morgan fingerprint density at radius 1 is 1.05 bits per heavy atom. The summed E-state index contributed by atoms with van der Waals surface area (Å²) < 4.78 is 18.2. The zero-order chi connectivity index (χ0) is 25.9. The van der Waals surface area contributed by atoms with E-state index in [0.29, 0.717) is 22.5 Å². The summed E-state index contributed by atoms with van der Waals surface area (Å²) in [5.41, 5.74) is 8.43. The second-order valence-corrected chi connectivity index (χ2v) is 8.37. The lowest BCUT2D eigenvalue weighted by molar-refractivity contribution is -0.0565. The molecule has 1 aliphatic heterocycles. The van der Waals surface area contributed by atoms with Gasteiger partial charge >= 0.3 is 5.97 Å². The van der Waals surface area contributed by atoms with Gasteiger partial charge in [-0.1, -0.05) is 30.3 Å². The molecule has 0 amide bonds. The lowest BCUT2D eigenvalue weighted by Gasteiger charge is -2.16. The predicted octanol–water partition coefficient (Wildman–Crippen LogP) is 0.923. The second kappa shape index (κ2) is 10.5. The number of hydrogen-bond acceptors (Lipinski definition) is 11. The number of carbonyl (C=O) groups excluding carboxylic acids is 1. The molecule has 5 rings (SSSR count). The maximum atomic E-state index is 12.6. The molecule has 0 bridgehead atoms. The second-order valence-electron chi connectivity index (χ2n) is 8.37. The Hall–Kier alpha value is -4.10. The Labute approximate surface area is 210 Å². The van der Waals surface area contributed by atoms with Crippen LogP contribution in [0.3, 0.4) is 0 Å². The van der Waals surface area contributed by atoms with Crippen LogP contribution in [0.5, 0.6) is 5.75 Å². The highest BCUT2D eigenvalue weighted by molar-refractivity contribution is 5.90. The number of esters is 1. The summed E-state index contributed by atoms with van der Waals surface area (Å²) in [5.74, 6) is 0.181. The third kappa shape index (κ3) is 4.82. The van der Waals surface area contributed by atoms with Crippen LogP contribution in [0.1, 0.15) is 16.6 Å². The molecule has 1 fully saturated rings. The number of aliphatic hydroxyl groups excluding tert-OH is 3. The van der Waals surface area contributed by atoms with E-state index >= 15 is 0 Å². The number of para-hydroxylation sites is 1. The Morgan fingerprint density at radius 3 is 2.62 bits per heavy atom. The van der Waals surface area contributed by atoms with Crippen molar-refractivity contribution < 1.29 is 34.3 Å². The van der Waals surface area contributed by atoms with Gasteiger partial charge in [0.25, 0.3) is 0 Å². The fraction of sp³-hybridized carbons (Fsp3) is 0.280. The van der Waals surface area contributed by atoms with Crippen molar-refractivity contribution in [1.29, 1.82) is 0 Å². The smallest absolute Gasteiger partial charge is 0.338 e. The first-order valence-electron chi connectivity index (χ1n) is 11.5. The highest BCUT2D eigenvalue weighted by Gasteiger charge is 2.45. The van der Waals surface area contributed by atoms with E-state index < -0.39 is 30.5 Å². The van der Waals surface area contributed by atoms with Crippen LogP contribution in [0, 0.1) is 0 Å². The molecule has 192 valence electrons. The van der Waals surface area contributed by atoms with Crippen LogP contribution in [0.15, 0.2) is 61.2 Å². The first-order valence-corrected chi connectivity index (χ1v) is 11.5. The van der Waals surface area contributed by atoms with E-state index in [4.69, 9.17) is 25.1 Å². The van der Waals surface area contributed by atoms with Crippen molar-refractivity contribution in [3.05, 3.63) is 66.7 Å². The molecule has 3 heterocycles. The number of nitrogen functional groups attached to an aromatic ring is 1. The monoisotopic (exact) mass is 507 g/mol. The van der Waals surface area contributed by atoms with Gasteiger partial charge in [0.05, 0.1) is 18.5 Å². The molecule has 12 heteroatoms. The average molecular weight is 508 g/mol. The topological polar surface area (TPSA) is 175 Å². The normalized spacial score (nSPS) is 21.3. The highest BCUT2D eigenvalue weighted by atomic mass is 16.6. The van der Waals surface area contributed by atoms with Gasteiger partial charge in [0, 0.05) is 5.56 Å². The number of ether oxygens (including phenoxy) is 3. The van der Waals surface area contributed by atoms with Crippen molar-refractivity contribution in [3.63, 3.8) is 0 Å². The minimum Gasteiger partial charge on any atom is -0.491 e. The van der Waals surface area contributed by atoms with Gasteiger partial charge in [0.2, 0.25) is 0 Å². The van der Waals surface area contributed by atoms with E-state index in [0.717, 1.165) is 11.1 Å². The minimum atomic E-state index is -1.32. The number of imidazole rings is 1. The Kier molecular flexibility index (Phi) is 6.97. The molecule has 4 atom stereocenters. The summed E-state index contributed by atoms with van der Waals surface area (Å²) in [5, 5.41) is 30.1. The molecule has 2 aromatic heterocycles. The van der Waals surface area contributed by atoms with Crippen LogP contribution < -0.4 is 10.5 Å². The molecule has 37 heavy (non-hydrogen) atoms. The number of nitrogens with two attached hydrogens (primary N) is 1. The van der Waals surface area contributed by atoms with Gasteiger partial charge < -0.3 is 35.3 Å². The Balaban J connectivity index is 1.24. The number of benzene rings is 2. The molecular formula is C25H25N5O7. The fourth-order valence-electron chi connectivity index (χ4n) is 4.17. The van der Waals surface area contributed by atoms with E-state index in [9.17, 15) is 15.0 Å². The zero-order valence-corrected chi connectivity index (χ0v) is 19.5. The quantitative estimate of drug-likeness (QED) is 0.250. The van der Waals surface area contributed by atoms with Gasteiger partial charge in [-0.2, -0.15) is 0 Å². The van der Waals surface area contributed by atoms with Gasteiger partial charge in [0.1, 0.15) is 49.1 Å². The highest BCUT2D eigenvalue weighted by Crippen LogP contribution is 2.33. The third-order valence-electron chi connectivity index (χ3n) is 6.04. The molecule has 0 radical (unpaired) electrons. The van der Waals surface area contributed by atoms with Crippen LogP contribution in [-0.2, 0) is 9.47 Å². The number of fused-ring (bicyclic) bond motifs is 1. The number of carbonyl (C=O) groups is 1. The Morgan fingerprint density at radius 2 is 1.84 bits per heavy atom. The number of aromatic nitrogens is 4. The summed E-state index contributed by atoms with van der Waals surface area (Å²) in [6.45, 7) is -0.208. The molecule has 0 aliphatic carbocycles. The first-order chi connectivity index (χ1) is 18.0. The molecule has 2 aromatic carbocycles. The standard InChI is InChI=1S/C25H25N5O7/c26-22-19-23(28-12-27-22)30(13-29-19)24-21(33)20(32)18(37-24)11-36-25(34)15-7-5-14(6-8-15)16-3-1-2-4-17(16)35-10-9-31/h1-8,12-13,18,20-21,24,31-33H,9-11H2,(H2,26,27,28)/t18-,20-,21-,24-/m1/s1. The SMILES string of the molecule is Nc1ncnc2c1ncn2[C@@H]1O[C@H](COC(=O)c2ccc(-c3ccccc3OCCO)cc2)[C@@H](O)[C@H]1O. The first kappa shape index (κ1) is 24.6. The molecular weight excluding hydrogens is 482 g/mol. The summed E-state index contributed by atoms with van der Waals surface area (Å²) in [7, 11) is 0. The van der Waals surface area contributed by atoms with E-state index in [1.807, 2.05) is 18.2 Å². The lowest BCUT2D eigenvalue weighted by Crippen LogP contribution is -2.34. The van der Waals surface area contributed by atoms with Crippen molar-refractivity contribution in [2.75, 3.05) is 25.6 Å². The molecule has 1 saturated heterocycles. The number of rotatable bonds is 8. The molecule has 0 saturated carbocycles. The van der Waals surface area contributed by atoms with E-state index in [1.54, 1.807) is 30.3 Å². The molecule has 4 aromatic rings. The van der Waals surface area contributed by atoms with Crippen molar-refractivity contribution >= 4 is 23.0 Å². The van der Waals surface area contributed by atoms with Crippen LogP contribution in [0.25, 0.3) is 22.3 Å². The van der Waals surface area contributed by atoms with Crippen LogP contribution in [0.2, 0.25) is 0 Å². The number of anilines is 1. The summed E-state index contributed by atoms with van der Waals surface area (Å²) >= 11 is 0. The predicted molar refractivity (Wildman–Crippen MR) is 130 cm³/mol. The average Bonchev–Trinajstić information content (AvgIpc) is 3.48. The van der Waals surface area contributed by atoms with Gasteiger partial charge in [-0.15, -0.1) is 0 Å². The maximum Gasteiger partial charge on any atom is 0.338 e. The van der Waals surface area contributed by atoms with E-state index in [1.165, 1.54) is 17.2 Å². The molecule has 0 spiro atoms. The van der Waals surface area contributed by atoms with Gasteiger partial charge in [0.15, 0.2) is 17.7 Å². The van der Waals surface area contributed by atoms with Crippen molar-refractivity contribution in [1.82, 2.24) is 19.5 Å². The van der Waals surface area contributed by atoms with Crippen LogP contribution in [-0.4, -0.2) is 78.9 Å². The number of hydrogen-bond donors (Lipinski definition) is 4. The molecule has 0 unspecified atom stereocenters. The Bertz CT molecular complexity index is 1390. The van der Waals surface area contributed by atoms with Gasteiger partial charge in [-0.3, -0.25) is 4.57 Å². The largest absolute Gasteiger partial charge is 0.491 e. The van der Waals surface area contributed by atoms with Crippen molar-refractivity contribution in [2.24, 2.45) is 0 Å². The summed E-state index contributed by atoms with van der Waals surface area (Å²) in [4.78, 5) is 24.8. The summed E-state index contributed by atoms with van der Waals surface area (Å²) in [6.07, 6.45) is -1.96. The van der Waals surface area contributed by atoms with Crippen LogP contribution in [0.4, 0.5) is 5.82 Å².